The maximum atomic E-state index is 3.62. The predicted octanol–water partition coefficient (Wildman–Crippen LogP) is 5.34. The van der Waals surface area contributed by atoms with Crippen LogP contribution in [0.25, 0.3) is 10.1 Å². The molecule has 98 valence electrons. The van der Waals surface area contributed by atoms with E-state index in [1.807, 2.05) is 29.7 Å². The summed E-state index contributed by atoms with van der Waals surface area (Å²) in [6.07, 6.45) is 0. The summed E-state index contributed by atoms with van der Waals surface area (Å²) < 4.78 is 2.60. The summed E-state index contributed by atoms with van der Waals surface area (Å²) in [7, 11) is 2.03. The summed E-state index contributed by atoms with van der Waals surface area (Å²) >= 11 is 7.25. The van der Waals surface area contributed by atoms with Gasteiger partial charge >= 0.3 is 0 Å². The van der Waals surface area contributed by atoms with E-state index in [2.05, 4.69) is 63.9 Å². The van der Waals surface area contributed by atoms with Crippen LogP contribution < -0.4 is 5.32 Å². The Bertz CT molecular complexity index is 694. The van der Waals surface area contributed by atoms with E-state index < -0.39 is 0 Å². The average Bonchev–Trinajstić information content (AvgIpc) is 2.99. The predicted molar refractivity (Wildman–Crippen MR) is 89.5 cm³/mol. The number of aryl methyl sites for hydroxylation is 1. The Morgan fingerprint density at radius 2 is 2.11 bits per heavy atom. The average molecular weight is 352 g/mol. The molecule has 3 rings (SSSR count). The number of hydrogen-bond acceptors (Lipinski definition) is 3. The van der Waals surface area contributed by atoms with Gasteiger partial charge in [0, 0.05) is 9.58 Å². The molecule has 0 radical (unpaired) electrons. The number of hydrogen-bond donors (Lipinski definition) is 1. The second-order valence-corrected chi connectivity index (χ2v) is 7.83. The minimum Gasteiger partial charge on any atom is -0.309 e. The molecule has 1 unspecified atom stereocenters. The molecule has 1 nitrogen and oxygen atoms in total. The number of fused-ring (bicyclic) bond motifs is 1. The van der Waals surface area contributed by atoms with Crippen molar-refractivity contribution in [3.8, 4) is 0 Å². The quantitative estimate of drug-likeness (QED) is 0.671. The van der Waals surface area contributed by atoms with Gasteiger partial charge in [-0.15, -0.1) is 22.7 Å². The highest BCUT2D eigenvalue weighted by atomic mass is 79.9. The largest absolute Gasteiger partial charge is 0.309 e. The molecule has 0 spiro atoms. The molecule has 1 N–H and O–H groups in total. The van der Waals surface area contributed by atoms with Gasteiger partial charge in [0.25, 0.3) is 0 Å². The van der Waals surface area contributed by atoms with E-state index in [0.29, 0.717) is 0 Å². The van der Waals surface area contributed by atoms with Crippen LogP contribution in [0.5, 0.6) is 0 Å². The maximum absolute atomic E-state index is 3.62. The number of benzene rings is 1. The van der Waals surface area contributed by atoms with Crippen molar-refractivity contribution in [1.29, 1.82) is 0 Å². The van der Waals surface area contributed by atoms with E-state index in [0.717, 1.165) is 0 Å². The zero-order chi connectivity index (χ0) is 13.4. The van der Waals surface area contributed by atoms with Gasteiger partial charge in [0.1, 0.15) is 0 Å². The van der Waals surface area contributed by atoms with Crippen LogP contribution in [0.3, 0.4) is 0 Å². The lowest BCUT2D eigenvalue weighted by Gasteiger charge is -2.16. The zero-order valence-electron chi connectivity index (χ0n) is 10.7. The highest BCUT2D eigenvalue weighted by molar-refractivity contribution is 9.11. The topological polar surface area (TPSA) is 12.0 Å². The van der Waals surface area contributed by atoms with Crippen LogP contribution >= 0.6 is 38.6 Å². The monoisotopic (exact) mass is 351 g/mol. The second kappa shape index (κ2) is 5.37. The van der Waals surface area contributed by atoms with E-state index in [1.165, 1.54) is 29.9 Å². The molecule has 0 bridgehead atoms. The van der Waals surface area contributed by atoms with Crippen LogP contribution in [0.2, 0.25) is 0 Å². The van der Waals surface area contributed by atoms with Gasteiger partial charge in [0.15, 0.2) is 0 Å². The lowest BCUT2D eigenvalue weighted by atomic mass is 10.0. The smallest absolute Gasteiger partial charge is 0.0731 e. The van der Waals surface area contributed by atoms with Crippen LogP contribution in [0.15, 0.2) is 39.5 Å². The number of nitrogens with one attached hydrogen (secondary N) is 1. The summed E-state index contributed by atoms with van der Waals surface area (Å²) in [5, 5.41) is 6.95. The molecule has 19 heavy (non-hydrogen) atoms. The number of halogens is 1. The van der Waals surface area contributed by atoms with Crippen LogP contribution in [-0.2, 0) is 0 Å². The molecule has 3 aromatic rings. The molecule has 0 aliphatic carbocycles. The third-order valence-electron chi connectivity index (χ3n) is 3.27. The number of thiophene rings is 2. The Kier molecular flexibility index (Phi) is 3.76. The Balaban J connectivity index is 2.14. The van der Waals surface area contributed by atoms with Crippen molar-refractivity contribution in [2.75, 3.05) is 7.05 Å². The summed E-state index contributed by atoms with van der Waals surface area (Å²) in [6.45, 7) is 2.14. The molecule has 0 aliphatic rings. The molecule has 2 aromatic heterocycles. The molecular formula is C15H14BrNS2. The SMILES string of the molecule is CNC(c1cc(C)c(Br)s1)c1cccc2ccsc12. The lowest BCUT2D eigenvalue weighted by Crippen LogP contribution is -2.16. The molecule has 4 heteroatoms. The van der Waals surface area contributed by atoms with Gasteiger partial charge in [-0.2, -0.15) is 0 Å². The summed E-state index contributed by atoms with van der Waals surface area (Å²) in [5.74, 6) is 0. The molecule has 0 aliphatic heterocycles. The number of rotatable bonds is 3. The first-order chi connectivity index (χ1) is 9.20. The van der Waals surface area contributed by atoms with Crippen LogP contribution in [-0.4, -0.2) is 7.05 Å². The van der Waals surface area contributed by atoms with Crippen LogP contribution in [0, 0.1) is 6.92 Å². The van der Waals surface area contributed by atoms with E-state index in [4.69, 9.17) is 0 Å². The first kappa shape index (κ1) is 13.3. The van der Waals surface area contributed by atoms with Crippen molar-refractivity contribution in [3.05, 3.63) is 55.5 Å². The van der Waals surface area contributed by atoms with Crippen molar-refractivity contribution >= 4 is 48.7 Å². The third-order valence-corrected chi connectivity index (χ3v) is 6.45. The molecule has 1 aromatic carbocycles. The van der Waals surface area contributed by atoms with Gasteiger partial charge in [-0.25, -0.2) is 0 Å². The molecule has 2 heterocycles. The molecule has 0 saturated heterocycles. The van der Waals surface area contributed by atoms with Crippen molar-refractivity contribution in [2.24, 2.45) is 0 Å². The van der Waals surface area contributed by atoms with Gasteiger partial charge in [-0.3, -0.25) is 0 Å². The van der Waals surface area contributed by atoms with E-state index in [-0.39, 0.29) is 6.04 Å². The van der Waals surface area contributed by atoms with Crippen LogP contribution in [0.4, 0.5) is 0 Å². The summed E-state index contributed by atoms with van der Waals surface area (Å²) in [6, 6.07) is 11.3. The third kappa shape index (κ3) is 2.38. The highest BCUT2D eigenvalue weighted by Crippen LogP contribution is 2.37. The van der Waals surface area contributed by atoms with Crippen molar-refractivity contribution in [3.63, 3.8) is 0 Å². The van der Waals surface area contributed by atoms with Gasteiger partial charge in [0.2, 0.25) is 0 Å². The first-order valence-electron chi connectivity index (χ1n) is 6.10. The summed E-state index contributed by atoms with van der Waals surface area (Å²) in [5.41, 5.74) is 2.67. The molecular weight excluding hydrogens is 338 g/mol. The van der Waals surface area contributed by atoms with Crippen molar-refractivity contribution in [1.82, 2.24) is 5.32 Å². The highest BCUT2D eigenvalue weighted by Gasteiger charge is 2.18. The lowest BCUT2D eigenvalue weighted by molar-refractivity contribution is 0.709. The Labute approximate surface area is 129 Å². The minimum atomic E-state index is 0.261. The Morgan fingerprint density at radius 1 is 1.26 bits per heavy atom. The molecule has 0 amide bonds. The fraction of sp³-hybridized carbons (Fsp3) is 0.200. The standard InChI is InChI=1S/C15H14BrNS2/c1-9-8-12(19-15(9)16)13(17-2)11-5-3-4-10-6-7-18-14(10)11/h3-8,13,17H,1-2H3. The fourth-order valence-corrected chi connectivity index (χ4v) is 4.97. The Hall–Kier alpha value is -0.680. The molecule has 0 fully saturated rings. The van der Waals surface area contributed by atoms with Gasteiger partial charge < -0.3 is 5.32 Å². The summed E-state index contributed by atoms with van der Waals surface area (Å²) in [4.78, 5) is 1.35. The zero-order valence-corrected chi connectivity index (χ0v) is 14.0. The van der Waals surface area contributed by atoms with Gasteiger partial charge in [-0.1, -0.05) is 18.2 Å². The van der Waals surface area contributed by atoms with E-state index >= 15 is 0 Å². The van der Waals surface area contributed by atoms with Crippen LogP contribution in [0.1, 0.15) is 22.0 Å². The Morgan fingerprint density at radius 3 is 2.79 bits per heavy atom. The molecule has 1 atom stereocenters. The van der Waals surface area contributed by atoms with Crippen molar-refractivity contribution in [2.45, 2.75) is 13.0 Å². The van der Waals surface area contributed by atoms with E-state index in [1.54, 1.807) is 0 Å². The van der Waals surface area contributed by atoms with Gasteiger partial charge in [0.05, 0.1) is 9.83 Å². The van der Waals surface area contributed by atoms with E-state index in [9.17, 15) is 0 Å². The maximum Gasteiger partial charge on any atom is 0.0731 e. The first-order valence-corrected chi connectivity index (χ1v) is 8.59. The second-order valence-electron chi connectivity index (χ2n) is 4.51. The van der Waals surface area contributed by atoms with Gasteiger partial charge in [-0.05, 0) is 63.9 Å². The minimum absolute atomic E-state index is 0.261. The fourth-order valence-electron chi connectivity index (χ4n) is 2.32. The molecule has 0 saturated carbocycles. The van der Waals surface area contributed by atoms with Crippen molar-refractivity contribution < 1.29 is 0 Å². The normalized spacial score (nSPS) is 13.0.